The smallest absolute Gasteiger partial charge is 0.313 e. The number of carbonyl (C=O) groups excluding carboxylic acids is 1. The van der Waals surface area contributed by atoms with Gasteiger partial charge in [0.2, 0.25) is 5.88 Å². The third-order valence-corrected chi connectivity index (χ3v) is 2.12. The van der Waals surface area contributed by atoms with Crippen molar-refractivity contribution in [3.63, 3.8) is 0 Å². The van der Waals surface area contributed by atoms with Crippen LogP contribution in [0.3, 0.4) is 0 Å². The fraction of sp³-hybridized carbons (Fsp3) is 0.300. The number of H-pyrrole nitrogens is 1. The van der Waals surface area contributed by atoms with Gasteiger partial charge in [-0.1, -0.05) is 0 Å². The maximum Gasteiger partial charge on any atom is 0.313 e. The highest BCUT2D eigenvalue weighted by atomic mass is 16.5. The molecule has 0 aliphatic rings. The lowest BCUT2D eigenvalue weighted by Crippen LogP contribution is -2.05. The minimum absolute atomic E-state index is 0.106. The number of nitrogens with zero attached hydrogens (tertiary/aromatic N) is 2. The maximum atomic E-state index is 11.1. The topological polar surface area (TPSA) is 77.1 Å². The van der Waals surface area contributed by atoms with Crippen molar-refractivity contribution in [1.29, 1.82) is 0 Å². The standard InChI is InChI=1S/C10H11N3O3/c1-15-8-4-3-6-10(13-8)12-7(11-6)5-9(14)16-2/h3-4H,5H2,1-2H3,(H,11,12,13). The third kappa shape index (κ3) is 1.95. The van der Waals surface area contributed by atoms with E-state index in [2.05, 4.69) is 19.7 Å². The molecule has 0 bridgehead atoms. The second-order valence-electron chi connectivity index (χ2n) is 3.16. The van der Waals surface area contributed by atoms with E-state index in [9.17, 15) is 4.79 Å². The second kappa shape index (κ2) is 4.18. The van der Waals surface area contributed by atoms with Gasteiger partial charge in [0.25, 0.3) is 0 Å². The molecule has 0 aliphatic heterocycles. The summed E-state index contributed by atoms with van der Waals surface area (Å²) in [6, 6.07) is 3.53. The zero-order valence-corrected chi connectivity index (χ0v) is 8.98. The Morgan fingerprint density at radius 3 is 2.88 bits per heavy atom. The Hall–Kier alpha value is -2.11. The molecule has 0 amide bonds. The van der Waals surface area contributed by atoms with Gasteiger partial charge in [-0.15, -0.1) is 0 Å². The number of carbonyl (C=O) groups is 1. The first kappa shape index (κ1) is 10.4. The molecule has 16 heavy (non-hydrogen) atoms. The summed E-state index contributed by atoms with van der Waals surface area (Å²) in [5.74, 6) is 0.678. The zero-order chi connectivity index (χ0) is 11.5. The number of pyridine rings is 1. The highest BCUT2D eigenvalue weighted by Gasteiger charge is 2.09. The molecule has 0 aromatic carbocycles. The molecule has 0 aliphatic carbocycles. The maximum absolute atomic E-state index is 11.1. The van der Waals surface area contributed by atoms with E-state index in [1.807, 2.05) is 0 Å². The number of fused-ring (bicyclic) bond motifs is 1. The van der Waals surface area contributed by atoms with E-state index in [0.29, 0.717) is 17.4 Å². The van der Waals surface area contributed by atoms with Gasteiger partial charge in [-0.25, -0.2) is 4.98 Å². The summed E-state index contributed by atoms with van der Waals surface area (Å²) in [5, 5.41) is 0. The summed E-state index contributed by atoms with van der Waals surface area (Å²) in [6.45, 7) is 0. The van der Waals surface area contributed by atoms with Crippen molar-refractivity contribution in [1.82, 2.24) is 15.0 Å². The van der Waals surface area contributed by atoms with Crippen molar-refractivity contribution in [3.05, 3.63) is 18.0 Å². The van der Waals surface area contributed by atoms with Gasteiger partial charge in [-0.3, -0.25) is 4.79 Å². The first-order valence-electron chi connectivity index (χ1n) is 4.69. The predicted molar refractivity (Wildman–Crippen MR) is 56.2 cm³/mol. The largest absolute Gasteiger partial charge is 0.481 e. The van der Waals surface area contributed by atoms with Gasteiger partial charge in [0.15, 0.2) is 5.65 Å². The molecule has 0 atom stereocenters. The lowest BCUT2D eigenvalue weighted by Gasteiger charge is -1.95. The molecular weight excluding hydrogens is 210 g/mol. The first-order valence-corrected chi connectivity index (χ1v) is 4.69. The number of methoxy groups -OCH3 is 2. The number of hydrogen-bond donors (Lipinski definition) is 1. The minimum atomic E-state index is -0.342. The van der Waals surface area contributed by atoms with Gasteiger partial charge in [0, 0.05) is 6.07 Å². The SMILES string of the molecule is COC(=O)Cc1nc2nc(OC)ccc2[nH]1. The molecule has 0 unspecified atom stereocenters. The summed E-state index contributed by atoms with van der Waals surface area (Å²) >= 11 is 0. The number of ether oxygens (including phenoxy) is 2. The van der Waals surface area contributed by atoms with Crippen molar-refractivity contribution in [3.8, 4) is 5.88 Å². The van der Waals surface area contributed by atoms with E-state index in [-0.39, 0.29) is 12.4 Å². The number of hydrogen-bond acceptors (Lipinski definition) is 5. The quantitative estimate of drug-likeness (QED) is 0.771. The van der Waals surface area contributed by atoms with Crippen LogP contribution in [0.4, 0.5) is 0 Å². The normalized spacial score (nSPS) is 10.4. The van der Waals surface area contributed by atoms with Crippen LogP contribution in [0.5, 0.6) is 5.88 Å². The molecule has 0 saturated carbocycles. The van der Waals surface area contributed by atoms with Gasteiger partial charge < -0.3 is 14.5 Å². The molecule has 0 radical (unpaired) electrons. The molecule has 0 saturated heterocycles. The summed E-state index contributed by atoms with van der Waals surface area (Å²) in [7, 11) is 2.88. The third-order valence-electron chi connectivity index (χ3n) is 2.12. The summed E-state index contributed by atoms with van der Waals surface area (Å²) in [5.41, 5.74) is 1.29. The number of aromatic amines is 1. The number of rotatable bonds is 3. The molecule has 0 spiro atoms. The fourth-order valence-electron chi connectivity index (χ4n) is 1.33. The number of nitrogens with one attached hydrogen (secondary N) is 1. The van der Waals surface area contributed by atoms with Crippen LogP contribution >= 0.6 is 0 Å². The average Bonchev–Trinajstić information content (AvgIpc) is 2.69. The van der Waals surface area contributed by atoms with Crippen molar-refractivity contribution < 1.29 is 14.3 Å². The fourth-order valence-corrected chi connectivity index (χ4v) is 1.33. The molecule has 2 aromatic rings. The van der Waals surface area contributed by atoms with Crippen LogP contribution in [0.15, 0.2) is 12.1 Å². The molecule has 2 aromatic heterocycles. The van der Waals surface area contributed by atoms with E-state index in [1.165, 1.54) is 14.2 Å². The minimum Gasteiger partial charge on any atom is -0.481 e. The average molecular weight is 221 g/mol. The summed E-state index contributed by atoms with van der Waals surface area (Å²) in [4.78, 5) is 22.3. The van der Waals surface area contributed by atoms with Crippen molar-refractivity contribution in [2.24, 2.45) is 0 Å². The zero-order valence-electron chi connectivity index (χ0n) is 8.98. The van der Waals surface area contributed by atoms with Gasteiger partial charge in [0.1, 0.15) is 12.2 Å². The van der Waals surface area contributed by atoms with E-state index in [0.717, 1.165) is 5.52 Å². The molecule has 6 nitrogen and oxygen atoms in total. The van der Waals surface area contributed by atoms with E-state index >= 15 is 0 Å². The highest BCUT2D eigenvalue weighted by Crippen LogP contribution is 2.14. The van der Waals surface area contributed by atoms with Crippen LogP contribution in [0.25, 0.3) is 11.2 Å². The Bertz CT molecular complexity index is 521. The lowest BCUT2D eigenvalue weighted by molar-refractivity contribution is -0.139. The summed E-state index contributed by atoms with van der Waals surface area (Å²) < 4.78 is 9.53. The van der Waals surface area contributed by atoms with E-state index < -0.39 is 0 Å². The Labute approximate surface area is 91.6 Å². The summed E-state index contributed by atoms with van der Waals surface area (Å²) in [6.07, 6.45) is 0.106. The Kier molecular flexibility index (Phi) is 2.72. The number of imidazole rings is 1. The highest BCUT2D eigenvalue weighted by molar-refractivity contribution is 5.75. The molecule has 2 rings (SSSR count). The van der Waals surface area contributed by atoms with Crippen molar-refractivity contribution in [2.45, 2.75) is 6.42 Å². The monoisotopic (exact) mass is 221 g/mol. The molecule has 0 fully saturated rings. The van der Waals surface area contributed by atoms with Crippen LogP contribution < -0.4 is 4.74 Å². The molecule has 84 valence electrons. The van der Waals surface area contributed by atoms with Gasteiger partial charge >= 0.3 is 5.97 Å². The van der Waals surface area contributed by atoms with Crippen LogP contribution in [0.2, 0.25) is 0 Å². The van der Waals surface area contributed by atoms with Gasteiger partial charge in [-0.2, -0.15) is 4.98 Å². The molecule has 1 N–H and O–H groups in total. The van der Waals surface area contributed by atoms with Crippen molar-refractivity contribution >= 4 is 17.1 Å². The van der Waals surface area contributed by atoms with E-state index in [1.54, 1.807) is 12.1 Å². The molecule has 6 heteroatoms. The van der Waals surface area contributed by atoms with Crippen molar-refractivity contribution in [2.75, 3.05) is 14.2 Å². The Morgan fingerprint density at radius 2 is 2.19 bits per heavy atom. The Morgan fingerprint density at radius 1 is 1.38 bits per heavy atom. The van der Waals surface area contributed by atoms with Crippen LogP contribution in [0, 0.1) is 0 Å². The van der Waals surface area contributed by atoms with Gasteiger partial charge in [-0.05, 0) is 6.07 Å². The van der Waals surface area contributed by atoms with Crippen LogP contribution in [-0.2, 0) is 16.0 Å². The first-order chi connectivity index (χ1) is 7.72. The molecular formula is C10H11N3O3. The van der Waals surface area contributed by atoms with Gasteiger partial charge in [0.05, 0.1) is 19.7 Å². The lowest BCUT2D eigenvalue weighted by atomic mass is 10.4. The number of esters is 1. The number of aromatic nitrogens is 3. The predicted octanol–water partition coefficient (Wildman–Crippen LogP) is 0.682. The Balaban J connectivity index is 2.32. The van der Waals surface area contributed by atoms with Crippen LogP contribution in [0.1, 0.15) is 5.82 Å². The second-order valence-corrected chi connectivity index (χ2v) is 3.16. The molecule has 2 heterocycles. The van der Waals surface area contributed by atoms with E-state index in [4.69, 9.17) is 4.74 Å². The van der Waals surface area contributed by atoms with Crippen LogP contribution in [-0.4, -0.2) is 35.1 Å².